The average Bonchev–Trinajstić information content (AvgIpc) is 2.85. The van der Waals surface area contributed by atoms with Crippen LogP contribution in [-0.4, -0.2) is 22.0 Å². The van der Waals surface area contributed by atoms with Crippen molar-refractivity contribution in [3.63, 3.8) is 0 Å². The van der Waals surface area contributed by atoms with Crippen LogP contribution in [-0.2, 0) is 13.0 Å². The Morgan fingerprint density at radius 1 is 1.28 bits per heavy atom. The van der Waals surface area contributed by atoms with Crippen molar-refractivity contribution in [1.29, 1.82) is 0 Å². The highest BCUT2D eigenvalue weighted by Crippen LogP contribution is 2.26. The maximum absolute atomic E-state index is 5.50. The van der Waals surface area contributed by atoms with E-state index in [4.69, 9.17) is 4.42 Å². The van der Waals surface area contributed by atoms with Crippen molar-refractivity contribution in [3.8, 4) is 0 Å². The summed E-state index contributed by atoms with van der Waals surface area (Å²) in [6, 6.07) is 0. The topological polar surface area (TPSA) is 75.9 Å². The van der Waals surface area contributed by atoms with Gasteiger partial charge >= 0.3 is 0 Å². The third-order valence-electron chi connectivity index (χ3n) is 2.38. The third-order valence-corrected chi connectivity index (χ3v) is 3.13. The smallest absolute Gasteiger partial charge is 0.213 e. The summed E-state index contributed by atoms with van der Waals surface area (Å²) in [7, 11) is 1.80. The summed E-state index contributed by atoms with van der Waals surface area (Å²) in [5.41, 5.74) is 0. The van der Waals surface area contributed by atoms with Crippen LogP contribution in [0.5, 0.6) is 0 Å². The van der Waals surface area contributed by atoms with Gasteiger partial charge in [0.15, 0.2) is 0 Å². The summed E-state index contributed by atoms with van der Waals surface area (Å²) in [5, 5.41) is 6.12. The van der Waals surface area contributed by atoms with Gasteiger partial charge in [0.05, 0.1) is 12.7 Å². The van der Waals surface area contributed by atoms with Crippen molar-refractivity contribution < 1.29 is 4.42 Å². The van der Waals surface area contributed by atoms with Gasteiger partial charge in [0, 0.05) is 13.5 Å². The van der Waals surface area contributed by atoms with Crippen LogP contribution in [0.25, 0.3) is 0 Å². The molecule has 2 heterocycles. The molecule has 96 valence electrons. The second kappa shape index (κ2) is 5.81. The fraction of sp³-hybridized carbons (Fsp3) is 0.364. The molecule has 0 saturated carbocycles. The van der Waals surface area contributed by atoms with Gasteiger partial charge in [0.25, 0.3) is 0 Å². The van der Waals surface area contributed by atoms with E-state index >= 15 is 0 Å². The predicted molar refractivity (Wildman–Crippen MR) is 72.5 cm³/mol. The average molecular weight is 312 g/mol. The Kier molecular flexibility index (Phi) is 4.14. The number of oxazole rings is 1. The van der Waals surface area contributed by atoms with E-state index in [-0.39, 0.29) is 0 Å². The van der Waals surface area contributed by atoms with Gasteiger partial charge in [-0.1, -0.05) is 6.92 Å². The van der Waals surface area contributed by atoms with Crippen molar-refractivity contribution in [2.45, 2.75) is 19.9 Å². The molecule has 0 spiro atoms. The van der Waals surface area contributed by atoms with Crippen LogP contribution in [0.2, 0.25) is 0 Å². The zero-order valence-electron chi connectivity index (χ0n) is 10.2. The standard InChI is InChI=1S/C11H14BrN5O/c1-3-7-4-14-8(18-7)5-15-11-9(12)10(13-2)16-6-17-11/h4,6H,3,5H2,1-2H3,(H2,13,15,16,17). The zero-order valence-corrected chi connectivity index (χ0v) is 11.8. The number of nitrogens with one attached hydrogen (secondary N) is 2. The minimum Gasteiger partial charge on any atom is -0.444 e. The van der Waals surface area contributed by atoms with Gasteiger partial charge < -0.3 is 15.1 Å². The van der Waals surface area contributed by atoms with Crippen LogP contribution in [0.1, 0.15) is 18.6 Å². The van der Waals surface area contributed by atoms with E-state index in [0.29, 0.717) is 18.3 Å². The van der Waals surface area contributed by atoms with Crippen molar-refractivity contribution in [2.75, 3.05) is 17.7 Å². The summed E-state index contributed by atoms with van der Waals surface area (Å²) in [6.45, 7) is 2.51. The maximum Gasteiger partial charge on any atom is 0.213 e. The molecular weight excluding hydrogens is 298 g/mol. The summed E-state index contributed by atoms with van der Waals surface area (Å²) in [6.07, 6.45) is 4.07. The zero-order chi connectivity index (χ0) is 13.0. The lowest BCUT2D eigenvalue weighted by atomic mass is 10.4. The lowest BCUT2D eigenvalue weighted by Gasteiger charge is -2.08. The summed E-state index contributed by atoms with van der Waals surface area (Å²) in [5.74, 6) is 2.95. The lowest BCUT2D eigenvalue weighted by molar-refractivity contribution is 0.465. The molecule has 0 aromatic carbocycles. The Labute approximate surface area is 113 Å². The highest BCUT2D eigenvalue weighted by Gasteiger charge is 2.08. The number of nitrogens with zero attached hydrogens (tertiary/aromatic N) is 3. The molecule has 0 aliphatic carbocycles. The Morgan fingerprint density at radius 2 is 2.06 bits per heavy atom. The molecule has 0 aliphatic heterocycles. The van der Waals surface area contributed by atoms with Crippen LogP contribution in [0.4, 0.5) is 11.6 Å². The van der Waals surface area contributed by atoms with Crippen LogP contribution in [0, 0.1) is 0 Å². The summed E-state index contributed by atoms with van der Waals surface area (Å²) in [4.78, 5) is 12.4. The Bertz CT molecular complexity index is 528. The molecule has 18 heavy (non-hydrogen) atoms. The normalized spacial score (nSPS) is 10.4. The molecule has 7 heteroatoms. The van der Waals surface area contributed by atoms with Gasteiger partial charge in [-0.25, -0.2) is 15.0 Å². The molecule has 2 aromatic rings. The molecule has 2 aromatic heterocycles. The number of anilines is 2. The summed E-state index contributed by atoms with van der Waals surface area (Å²) >= 11 is 3.43. The van der Waals surface area contributed by atoms with Gasteiger partial charge in [-0.2, -0.15) is 0 Å². The number of aryl methyl sites for hydroxylation is 1. The number of rotatable bonds is 5. The van der Waals surface area contributed by atoms with E-state index in [1.54, 1.807) is 13.2 Å². The first kappa shape index (κ1) is 12.8. The molecule has 2 N–H and O–H groups in total. The SMILES string of the molecule is CCc1cnc(CNc2ncnc(NC)c2Br)o1. The quantitative estimate of drug-likeness (QED) is 0.883. The number of aromatic nitrogens is 3. The van der Waals surface area contributed by atoms with Crippen LogP contribution < -0.4 is 10.6 Å². The predicted octanol–water partition coefficient (Wildman–Crippen LogP) is 2.44. The van der Waals surface area contributed by atoms with Gasteiger partial charge in [0.1, 0.15) is 28.2 Å². The second-order valence-electron chi connectivity index (χ2n) is 3.56. The monoisotopic (exact) mass is 311 g/mol. The molecule has 0 amide bonds. The van der Waals surface area contributed by atoms with Crippen LogP contribution >= 0.6 is 15.9 Å². The number of hydrogen-bond donors (Lipinski definition) is 2. The number of hydrogen-bond acceptors (Lipinski definition) is 6. The first-order valence-corrected chi connectivity index (χ1v) is 6.39. The Morgan fingerprint density at radius 3 is 2.72 bits per heavy atom. The van der Waals surface area contributed by atoms with Crippen LogP contribution in [0.15, 0.2) is 21.4 Å². The fourth-order valence-corrected chi connectivity index (χ4v) is 1.96. The second-order valence-corrected chi connectivity index (χ2v) is 4.36. The molecular formula is C11H14BrN5O. The van der Waals surface area contributed by atoms with E-state index in [1.165, 1.54) is 6.33 Å². The van der Waals surface area contributed by atoms with Gasteiger partial charge in [-0.15, -0.1) is 0 Å². The largest absolute Gasteiger partial charge is 0.444 e. The molecule has 0 bridgehead atoms. The molecule has 0 radical (unpaired) electrons. The molecule has 0 unspecified atom stereocenters. The van der Waals surface area contributed by atoms with Gasteiger partial charge in [0.2, 0.25) is 5.89 Å². The number of halogens is 1. The van der Waals surface area contributed by atoms with Crippen molar-refractivity contribution in [2.24, 2.45) is 0 Å². The molecule has 2 rings (SSSR count). The molecule has 6 nitrogen and oxygen atoms in total. The fourth-order valence-electron chi connectivity index (χ4n) is 1.42. The summed E-state index contributed by atoms with van der Waals surface area (Å²) < 4.78 is 6.29. The highest BCUT2D eigenvalue weighted by molar-refractivity contribution is 9.10. The third kappa shape index (κ3) is 2.79. The first-order valence-electron chi connectivity index (χ1n) is 5.60. The van der Waals surface area contributed by atoms with Crippen molar-refractivity contribution in [1.82, 2.24) is 15.0 Å². The lowest BCUT2D eigenvalue weighted by Crippen LogP contribution is -2.05. The minimum absolute atomic E-state index is 0.485. The maximum atomic E-state index is 5.50. The van der Waals surface area contributed by atoms with Crippen molar-refractivity contribution in [3.05, 3.63) is 28.6 Å². The Balaban J connectivity index is 2.06. The minimum atomic E-state index is 0.485. The van der Waals surface area contributed by atoms with Gasteiger partial charge in [-0.05, 0) is 15.9 Å². The highest BCUT2D eigenvalue weighted by atomic mass is 79.9. The molecule has 0 aliphatic rings. The van der Waals surface area contributed by atoms with Gasteiger partial charge in [-0.3, -0.25) is 0 Å². The molecule has 0 fully saturated rings. The molecule has 0 atom stereocenters. The first-order chi connectivity index (χ1) is 8.74. The van der Waals surface area contributed by atoms with E-state index in [0.717, 1.165) is 22.5 Å². The Hall–Kier alpha value is -1.63. The van der Waals surface area contributed by atoms with E-state index in [9.17, 15) is 0 Å². The van der Waals surface area contributed by atoms with E-state index in [1.807, 2.05) is 6.92 Å². The van der Waals surface area contributed by atoms with Crippen molar-refractivity contribution >= 4 is 27.6 Å². The van der Waals surface area contributed by atoms with E-state index in [2.05, 4.69) is 41.5 Å². The van der Waals surface area contributed by atoms with E-state index < -0.39 is 0 Å². The van der Waals surface area contributed by atoms with Crippen LogP contribution in [0.3, 0.4) is 0 Å². The molecule has 0 saturated heterocycles.